The van der Waals surface area contributed by atoms with Crippen LogP contribution in [0, 0.1) is 0 Å². The minimum absolute atomic E-state index is 0.00712. The molecule has 0 fully saturated rings. The van der Waals surface area contributed by atoms with Gasteiger partial charge in [0, 0.05) is 11.3 Å². The third-order valence-corrected chi connectivity index (χ3v) is 12.2. The average molecular weight is 948 g/mol. The molecule has 326 valence electrons. The fourth-order valence-electron chi connectivity index (χ4n) is 4.74. The minimum Gasteiger partial charge on any atom is -0.504 e. The van der Waals surface area contributed by atoms with Crippen LogP contribution in [0.25, 0.3) is 0 Å². The van der Waals surface area contributed by atoms with E-state index in [4.69, 9.17) is 4.55 Å². The Labute approximate surface area is 345 Å². The molecule has 5 rings (SSSR count). The van der Waals surface area contributed by atoms with Crippen molar-refractivity contribution >= 4 is 91.8 Å². The summed E-state index contributed by atoms with van der Waals surface area (Å²) in [6.45, 7) is -0.901. The normalized spacial score (nSPS) is 13.2. The van der Waals surface area contributed by atoms with Gasteiger partial charge in [-0.1, -0.05) is 36.4 Å². The smallest absolute Gasteiger partial charge is 0.397 e. The number of aromatic amines is 1. The number of hydrogen-bond acceptors (Lipinski definition) is 21. The summed E-state index contributed by atoms with van der Waals surface area (Å²) >= 11 is 0. The molecule has 0 aliphatic rings. The number of aromatic hydroxyl groups is 1. The number of phenols is 1. The lowest BCUT2D eigenvalue weighted by molar-refractivity contribution is 0.284. The number of hydrogen-bond donors (Lipinski definition) is 11. The van der Waals surface area contributed by atoms with Gasteiger partial charge in [-0.15, -0.1) is 10.2 Å². The third kappa shape index (κ3) is 12.8. The van der Waals surface area contributed by atoms with E-state index in [1.165, 1.54) is 36.4 Å². The highest BCUT2D eigenvalue weighted by atomic mass is 32.3. The van der Waals surface area contributed by atoms with E-state index in [-0.39, 0.29) is 22.1 Å². The first-order chi connectivity index (χ1) is 28.3. The summed E-state index contributed by atoms with van der Waals surface area (Å²) in [6, 6.07) is 16.0. The van der Waals surface area contributed by atoms with Gasteiger partial charge in [0.1, 0.15) is 21.5 Å². The second-order valence-electron chi connectivity index (χ2n) is 11.8. The van der Waals surface area contributed by atoms with E-state index in [0.29, 0.717) is 12.1 Å². The number of nitrogens with zero attached hydrogens (tertiary/aromatic N) is 5. The van der Waals surface area contributed by atoms with Crippen molar-refractivity contribution in [3.8, 4) is 5.75 Å². The first kappa shape index (κ1) is 46.1. The van der Waals surface area contributed by atoms with Crippen molar-refractivity contribution in [2.75, 3.05) is 28.4 Å². The Hall–Kier alpha value is -5.97. The predicted octanol–water partition coefficient (Wildman–Crippen LogP) is 3.58. The lowest BCUT2D eigenvalue weighted by atomic mass is 10.2. The van der Waals surface area contributed by atoms with E-state index in [9.17, 15) is 66.3 Å². The van der Waals surface area contributed by atoms with Gasteiger partial charge in [-0.25, -0.2) is 17.4 Å². The number of hydrazone groups is 1. The molecule has 61 heavy (non-hydrogen) atoms. The SMILES string of the molecule is O=c1nc(Nc2cc(S(=O)(=O)O)cc(N=NC(=NNc3cc(S(O)(O)O)ccc3S(=O)(=O)O)c3ccccc3)c2O)nc(Nc2cccc(S(=O)(=O)CCOS(=O)(=O)O)c2)[nH]1. The van der Waals surface area contributed by atoms with Gasteiger partial charge in [0.05, 0.1) is 38.4 Å². The second-order valence-corrected chi connectivity index (χ2v) is 19.3. The Morgan fingerprint density at radius 3 is 2.05 bits per heavy atom. The fourth-order valence-corrected chi connectivity index (χ4v) is 7.95. The fraction of sp³-hybridized carbons (Fsp3) is 0.0667. The number of rotatable bonds is 16. The van der Waals surface area contributed by atoms with Crippen LogP contribution in [-0.2, 0) is 44.7 Å². The molecule has 0 aliphatic carbocycles. The minimum atomic E-state index is -5.07. The lowest BCUT2D eigenvalue weighted by Gasteiger charge is -2.20. The summed E-state index contributed by atoms with van der Waals surface area (Å²) in [7, 11) is -23.5. The summed E-state index contributed by atoms with van der Waals surface area (Å²) in [6.07, 6.45) is 0. The Morgan fingerprint density at radius 1 is 0.721 bits per heavy atom. The van der Waals surface area contributed by atoms with Crippen LogP contribution < -0.4 is 21.7 Å². The van der Waals surface area contributed by atoms with Gasteiger partial charge in [0.2, 0.25) is 17.7 Å². The number of amidine groups is 1. The van der Waals surface area contributed by atoms with Crippen LogP contribution in [-0.4, -0.2) is 99.2 Å². The summed E-state index contributed by atoms with van der Waals surface area (Å²) in [5.41, 5.74) is -0.533. The number of benzene rings is 4. The first-order valence-corrected chi connectivity index (χ1v) is 23.4. The summed E-state index contributed by atoms with van der Waals surface area (Å²) in [5, 5.41) is 27.9. The molecule has 0 radical (unpaired) electrons. The van der Waals surface area contributed by atoms with Crippen molar-refractivity contribution in [1.82, 2.24) is 15.0 Å². The highest BCUT2D eigenvalue weighted by molar-refractivity contribution is 8.19. The molecule has 0 amide bonds. The molecular formula is C30H29N9O17S5. The number of nitrogens with one attached hydrogen (secondary N) is 4. The van der Waals surface area contributed by atoms with Gasteiger partial charge in [-0.3, -0.25) is 24.1 Å². The van der Waals surface area contributed by atoms with E-state index in [0.717, 1.165) is 30.3 Å². The van der Waals surface area contributed by atoms with E-state index in [2.05, 4.69) is 50.5 Å². The quantitative estimate of drug-likeness (QED) is 0.0168. The van der Waals surface area contributed by atoms with Gasteiger partial charge >= 0.3 is 16.1 Å². The van der Waals surface area contributed by atoms with Crippen molar-refractivity contribution in [2.24, 2.45) is 15.3 Å². The van der Waals surface area contributed by atoms with Crippen LogP contribution in [0.2, 0.25) is 0 Å². The molecular weight excluding hydrogens is 919 g/mol. The van der Waals surface area contributed by atoms with Crippen LogP contribution in [0.1, 0.15) is 5.56 Å². The zero-order valence-electron chi connectivity index (χ0n) is 30.0. The first-order valence-electron chi connectivity index (χ1n) is 16.0. The van der Waals surface area contributed by atoms with Gasteiger partial charge < -0.3 is 29.4 Å². The maximum Gasteiger partial charge on any atom is 0.397 e. The molecule has 31 heteroatoms. The van der Waals surface area contributed by atoms with Gasteiger partial charge in [-0.05, 0) is 48.5 Å². The molecule has 0 aliphatic heterocycles. The van der Waals surface area contributed by atoms with Crippen molar-refractivity contribution in [2.45, 2.75) is 19.6 Å². The Balaban J connectivity index is 1.49. The maximum atomic E-state index is 12.7. The number of H-pyrrole nitrogens is 1. The zero-order chi connectivity index (χ0) is 45.0. The van der Waals surface area contributed by atoms with E-state index < -0.39 is 119 Å². The molecule has 26 nitrogen and oxygen atoms in total. The third-order valence-electron chi connectivity index (χ3n) is 7.41. The molecule has 1 aromatic heterocycles. The average Bonchev–Trinajstić information content (AvgIpc) is 3.14. The molecule has 11 N–H and O–H groups in total. The molecule has 1 heterocycles. The molecule has 0 spiro atoms. The van der Waals surface area contributed by atoms with Gasteiger partial charge in [-0.2, -0.15) is 40.3 Å². The summed E-state index contributed by atoms with van der Waals surface area (Å²) < 4.78 is 157. The van der Waals surface area contributed by atoms with Crippen molar-refractivity contribution in [3.63, 3.8) is 0 Å². The number of aromatic nitrogens is 3. The van der Waals surface area contributed by atoms with Crippen LogP contribution >= 0.6 is 10.9 Å². The van der Waals surface area contributed by atoms with Gasteiger partial charge in [0.15, 0.2) is 15.6 Å². The number of phenolic OH excluding ortho intramolecular Hbond substituents is 1. The molecule has 0 unspecified atom stereocenters. The maximum absolute atomic E-state index is 12.7. The highest BCUT2D eigenvalue weighted by Crippen LogP contribution is 2.45. The topological polar surface area (TPSA) is 419 Å². The molecule has 0 saturated heterocycles. The van der Waals surface area contributed by atoms with Crippen molar-refractivity contribution in [3.05, 3.63) is 101 Å². The Bertz CT molecular complexity index is 3050. The standard InChI is InChI=1S/C30H29N9O17S5/c40-26-23(32-29-33-28(34-30(41)35-29)31-18-7-4-8-19(13-18)57(42,43)12-11-56-61(53,54)55)15-21(59(47,48)49)16-24(26)37-39-27(17-5-2-1-3-6-17)38-36-22-14-20(58(44,45)46)9-10-25(22)60(50,51)52/h1-10,13-16,36,40,44-46H,11-12H2,(H,47,48,49)(H,50,51,52)(H,53,54,55)(H3,31,32,33,34,35,41). The van der Waals surface area contributed by atoms with Crippen LogP contribution in [0.15, 0.2) is 125 Å². The summed E-state index contributed by atoms with van der Waals surface area (Å²) in [4.78, 5) is 19.7. The second kappa shape index (κ2) is 17.9. The molecule has 0 bridgehead atoms. The van der Waals surface area contributed by atoms with Crippen molar-refractivity contribution in [1.29, 1.82) is 0 Å². The molecule has 0 atom stereocenters. The van der Waals surface area contributed by atoms with E-state index in [1.54, 1.807) is 6.07 Å². The van der Waals surface area contributed by atoms with Crippen LogP contribution in [0.3, 0.4) is 0 Å². The number of anilines is 5. The molecule has 5 aromatic rings. The number of sulfone groups is 1. The van der Waals surface area contributed by atoms with E-state index in [1.807, 2.05) is 0 Å². The largest absolute Gasteiger partial charge is 0.504 e. The summed E-state index contributed by atoms with van der Waals surface area (Å²) in [5.74, 6) is -3.17. The van der Waals surface area contributed by atoms with Crippen molar-refractivity contribution < 1.29 is 70.3 Å². The lowest BCUT2D eigenvalue weighted by Crippen LogP contribution is -2.17. The highest BCUT2D eigenvalue weighted by Gasteiger charge is 2.23. The molecule has 4 aromatic carbocycles. The van der Waals surface area contributed by atoms with Crippen LogP contribution in [0.4, 0.5) is 34.6 Å². The van der Waals surface area contributed by atoms with Crippen LogP contribution in [0.5, 0.6) is 5.75 Å². The monoisotopic (exact) mass is 947 g/mol. The zero-order valence-corrected chi connectivity index (χ0v) is 34.1. The van der Waals surface area contributed by atoms with E-state index >= 15 is 0 Å². The Kier molecular flexibility index (Phi) is 13.6. The van der Waals surface area contributed by atoms with Gasteiger partial charge in [0.25, 0.3) is 20.2 Å². The number of azo groups is 1. The Morgan fingerprint density at radius 2 is 1.41 bits per heavy atom. The predicted molar refractivity (Wildman–Crippen MR) is 214 cm³/mol. The molecule has 0 saturated carbocycles.